The summed E-state index contributed by atoms with van der Waals surface area (Å²) in [6.45, 7) is 8.93. The molecule has 1 aromatic carbocycles. The van der Waals surface area contributed by atoms with Crippen LogP contribution >= 0.6 is 0 Å². The zero-order valence-electron chi connectivity index (χ0n) is 11.9. The summed E-state index contributed by atoms with van der Waals surface area (Å²) >= 11 is 0. The van der Waals surface area contributed by atoms with Crippen LogP contribution in [-0.2, 0) is 6.54 Å². The van der Waals surface area contributed by atoms with Gasteiger partial charge in [-0.05, 0) is 37.6 Å². The standard InChI is InChI=1S/C15H25NO2/c1-5-12(3)10-16(4)11-13-7-8-14(17)15(9-13)18-6-2/h7-9,12,17H,5-6,10-11H2,1-4H3. The van der Waals surface area contributed by atoms with Gasteiger partial charge in [-0.15, -0.1) is 0 Å². The van der Waals surface area contributed by atoms with Crippen molar-refractivity contribution in [2.24, 2.45) is 5.92 Å². The van der Waals surface area contributed by atoms with Gasteiger partial charge >= 0.3 is 0 Å². The topological polar surface area (TPSA) is 32.7 Å². The Morgan fingerprint density at radius 1 is 1.33 bits per heavy atom. The summed E-state index contributed by atoms with van der Waals surface area (Å²) in [5, 5.41) is 9.65. The molecule has 3 heteroatoms. The summed E-state index contributed by atoms with van der Waals surface area (Å²) in [5.74, 6) is 1.50. The van der Waals surface area contributed by atoms with Crippen LogP contribution in [0, 0.1) is 5.92 Å². The molecule has 0 spiro atoms. The average Bonchev–Trinajstić information content (AvgIpc) is 2.33. The van der Waals surface area contributed by atoms with E-state index < -0.39 is 0 Å². The predicted molar refractivity (Wildman–Crippen MR) is 75.1 cm³/mol. The molecule has 0 aliphatic rings. The van der Waals surface area contributed by atoms with Gasteiger partial charge in [0.15, 0.2) is 11.5 Å². The Morgan fingerprint density at radius 2 is 2.06 bits per heavy atom. The lowest BCUT2D eigenvalue weighted by atomic mass is 10.1. The van der Waals surface area contributed by atoms with E-state index in [1.165, 1.54) is 12.0 Å². The maximum absolute atomic E-state index is 9.65. The quantitative estimate of drug-likeness (QED) is 0.807. The van der Waals surface area contributed by atoms with E-state index in [-0.39, 0.29) is 5.75 Å². The van der Waals surface area contributed by atoms with E-state index in [9.17, 15) is 5.11 Å². The van der Waals surface area contributed by atoms with Crippen LogP contribution in [0.4, 0.5) is 0 Å². The molecule has 0 radical (unpaired) electrons. The van der Waals surface area contributed by atoms with Crippen molar-refractivity contribution in [3.05, 3.63) is 23.8 Å². The van der Waals surface area contributed by atoms with E-state index >= 15 is 0 Å². The molecule has 0 aliphatic carbocycles. The number of benzene rings is 1. The zero-order chi connectivity index (χ0) is 13.5. The number of ether oxygens (including phenoxy) is 1. The van der Waals surface area contributed by atoms with Crippen molar-refractivity contribution < 1.29 is 9.84 Å². The van der Waals surface area contributed by atoms with Crippen molar-refractivity contribution in [2.45, 2.75) is 33.7 Å². The van der Waals surface area contributed by atoms with E-state index in [1.54, 1.807) is 6.07 Å². The Bertz CT molecular complexity index is 366. The van der Waals surface area contributed by atoms with Crippen LogP contribution in [0.5, 0.6) is 11.5 Å². The zero-order valence-corrected chi connectivity index (χ0v) is 11.9. The lowest BCUT2D eigenvalue weighted by Gasteiger charge is -2.20. The SMILES string of the molecule is CCOc1cc(CN(C)CC(C)CC)ccc1O. The molecule has 1 rings (SSSR count). The van der Waals surface area contributed by atoms with Crippen molar-refractivity contribution in [2.75, 3.05) is 20.2 Å². The minimum absolute atomic E-state index is 0.213. The fourth-order valence-electron chi connectivity index (χ4n) is 1.97. The number of phenols is 1. The van der Waals surface area contributed by atoms with Gasteiger partial charge in [-0.1, -0.05) is 26.3 Å². The molecule has 0 bridgehead atoms. The van der Waals surface area contributed by atoms with E-state index in [0.717, 1.165) is 13.1 Å². The van der Waals surface area contributed by atoms with Crippen molar-refractivity contribution in [3.63, 3.8) is 0 Å². The smallest absolute Gasteiger partial charge is 0.161 e. The molecule has 0 fully saturated rings. The normalized spacial score (nSPS) is 12.7. The summed E-state index contributed by atoms with van der Waals surface area (Å²) in [6.07, 6.45) is 1.20. The van der Waals surface area contributed by atoms with Crippen LogP contribution in [0.2, 0.25) is 0 Å². The minimum Gasteiger partial charge on any atom is -0.504 e. The number of hydrogen-bond donors (Lipinski definition) is 1. The van der Waals surface area contributed by atoms with E-state index in [2.05, 4.69) is 25.8 Å². The van der Waals surface area contributed by atoms with Crippen LogP contribution in [0.25, 0.3) is 0 Å². The minimum atomic E-state index is 0.213. The van der Waals surface area contributed by atoms with Gasteiger partial charge in [0.1, 0.15) is 0 Å². The van der Waals surface area contributed by atoms with Gasteiger partial charge < -0.3 is 14.7 Å². The predicted octanol–water partition coefficient (Wildman–Crippen LogP) is 3.27. The summed E-state index contributed by atoms with van der Waals surface area (Å²) in [7, 11) is 2.12. The van der Waals surface area contributed by atoms with Crippen molar-refractivity contribution >= 4 is 0 Å². The molecule has 0 amide bonds. The van der Waals surface area contributed by atoms with Gasteiger partial charge in [-0.3, -0.25) is 0 Å². The van der Waals surface area contributed by atoms with Crippen molar-refractivity contribution in [1.82, 2.24) is 4.90 Å². The first kappa shape index (κ1) is 14.8. The van der Waals surface area contributed by atoms with Crippen molar-refractivity contribution in [3.8, 4) is 11.5 Å². The van der Waals surface area contributed by atoms with Gasteiger partial charge in [-0.25, -0.2) is 0 Å². The molecular weight excluding hydrogens is 226 g/mol. The molecule has 1 N–H and O–H groups in total. The highest BCUT2D eigenvalue weighted by atomic mass is 16.5. The third kappa shape index (κ3) is 4.57. The third-order valence-corrected chi connectivity index (χ3v) is 3.10. The van der Waals surface area contributed by atoms with Crippen molar-refractivity contribution in [1.29, 1.82) is 0 Å². The first-order chi connectivity index (χ1) is 8.56. The lowest BCUT2D eigenvalue weighted by molar-refractivity contribution is 0.273. The monoisotopic (exact) mass is 251 g/mol. The second-order valence-corrected chi connectivity index (χ2v) is 4.95. The number of hydrogen-bond acceptors (Lipinski definition) is 3. The molecule has 0 aromatic heterocycles. The number of rotatable bonds is 7. The van der Waals surface area contributed by atoms with Gasteiger partial charge in [0, 0.05) is 13.1 Å². The fraction of sp³-hybridized carbons (Fsp3) is 0.600. The Labute approximate surface area is 110 Å². The molecule has 3 nitrogen and oxygen atoms in total. The fourth-order valence-corrected chi connectivity index (χ4v) is 1.97. The number of phenolic OH excluding ortho intramolecular Hbond substituents is 1. The second-order valence-electron chi connectivity index (χ2n) is 4.95. The second kappa shape index (κ2) is 7.27. The van der Waals surface area contributed by atoms with Gasteiger partial charge in [-0.2, -0.15) is 0 Å². The Morgan fingerprint density at radius 3 is 2.67 bits per heavy atom. The molecule has 0 aliphatic heterocycles. The van der Waals surface area contributed by atoms with E-state index in [4.69, 9.17) is 4.74 Å². The first-order valence-corrected chi connectivity index (χ1v) is 6.70. The molecule has 102 valence electrons. The van der Waals surface area contributed by atoms with Gasteiger partial charge in [0.25, 0.3) is 0 Å². The molecule has 0 saturated carbocycles. The molecule has 1 unspecified atom stereocenters. The van der Waals surface area contributed by atoms with E-state index in [0.29, 0.717) is 18.3 Å². The third-order valence-electron chi connectivity index (χ3n) is 3.10. The number of aromatic hydroxyl groups is 1. The molecule has 1 aromatic rings. The summed E-state index contributed by atoms with van der Waals surface area (Å²) in [5.41, 5.74) is 1.17. The summed E-state index contributed by atoms with van der Waals surface area (Å²) < 4.78 is 5.39. The molecule has 1 atom stereocenters. The Kier molecular flexibility index (Phi) is 5.99. The molecule has 0 saturated heterocycles. The Hall–Kier alpha value is -1.22. The number of nitrogens with zero attached hydrogens (tertiary/aromatic N) is 1. The first-order valence-electron chi connectivity index (χ1n) is 6.70. The molecule has 18 heavy (non-hydrogen) atoms. The summed E-state index contributed by atoms with van der Waals surface area (Å²) in [4.78, 5) is 2.30. The average molecular weight is 251 g/mol. The Balaban J connectivity index is 2.64. The maximum Gasteiger partial charge on any atom is 0.161 e. The van der Waals surface area contributed by atoms with Gasteiger partial charge in [0.05, 0.1) is 6.61 Å². The highest BCUT2D eigenvalue weighted by Gasteiger charge is 2.08. The largest absolute Gasteiger partial charge is 0.504 e. The molecular formula is C15H25NO2. The maximum atomic E-state index is 9.65. The highest BCUT2D eigenvalue weighted by Crippen LogP contribution is 2.27. The van der Waals surface area contributed by atoms with Crippen LogP contribution in [0.3, 0.4) is 0 Å². The van der Waals surface area contributed by atoms with Gasteiger partial charge in [0.2, 0.25) is 0 Å². The van der Waals surface area contributed by atoms with Crippen LogP contribution < -0.4 is 4.74 Å². The highest BCUT2D eigenvalue weighted by molar-refractivity contribution is 5.41. The van der Waals surface area contributed by atoms with Crippen LogP contribution in [0.15, 0.2) is 18.2 Å². The van der Waals surface area contributed by atoms with Crippen LogP contribution in [0.1, 0.15) is 32.8 Å². The molecule has 0 heterocycles. The van der Waals surface area contributed by atoms with E-state index in [1.807, 2.05) is 19.1 Å². The van der Waals surface area contributed by atoms with Crippen LogP contribution in [-0.4, -0.2) is 30.2 Å². The lowest BCUT2D eigenvalue weighted by Crippen LogP contribution is -2.23. The summed E-state index contributed by atoms with van der Waals surface area (Å²) in [6, 6.07) is 5.58.